The lowest BCUT2D eigenvalue weighted by atomic mass is 10.2. The number of carbonyl (C=O) groups excluding carboxylic acids is 1. The maximum absolute atomic E-state index is 12.6. The minimum Gasteiger partial charge on any atom is -0.379 e. The standard InChI is InChI=1S/C23H19N3O5S/c1-14-3-4-15(2)21(11-14)32(29,30)31-18-8-5-16(6-9-18)22(27)26-17-7-10-20-19(12-17)23(28)25-13-24-20/h3-13H,1-2H3,(H,26,27)(H,24,25,28). The quantitative estimate of drug-likeness (QED) is 0.450. The van der Waals surface area contributed by atoms with E-state index >= 15 is 0 Å². The van der Waals surface area contributed by atoms with Gasteiger partial charge in [0.15, 0.2) is 0 Å². The van der Waals surface area contributed by atoms with Gasteiger partial charge in [-0.1, -0.05) is 12.1 Å². The Bertz CT molecular complexity index is 1490. The normalized spacial score (nSPS) is 11.3. The Morgan fingerprint density at radius 2 is 1.75 bits per heavy atom. The topological polar surface area (TPSA) is 118 Å². The Labute approximate surface area is 184 Å². The lowest BCUT2D eigenvalue weighted by Crippen LogP contribution is -2.14. The van der Waals surface area contributed by atoms with Crippen LogP contribution in [0.25, 0.3) is 10.9 Å². The first-order chi connectivity index (χ1) is 15.2. The number of nitrogens with one attached hydrogen (secondary N) is 2. The van der Waals surface area contributed by atoms with Gasteiger partial charge in [-0.3, -0.25) is 9.59 Å². The number of aromatic amines is 1. The van der Waals surface area contributed by atoms with Crippen LogP contribution in [-0.2, 0) is 10.1 Å². The predicted octanol–water partition coefficient (Wildman–Crippen LogP) is 3.56. The van der Waals surface area contributed by atoms with Crippen LogP contribution in [0, 0.1) is 13.8 Å². The van der Waals surface area contributed by atoms with Gasteiger partial charge >= 0.3 is 10.1 Å². The Morgan fingerprint density at radius 3 is 2.50 bits per heavy atom. The molecule has 162 valence electrons. The van der Waals surface area contributed by atoms with E-state index in [1.54, 1.807) is 38.1 Å². The molecule has 0 unspecified atom stereocenters. The van der Waals surface area contributed by atoms with E-state index < -0.39 is 16.0 Å². The molecule has 2 N–H and O–H groups in total. The fraction of sp³-hybridized carbons (Fsp3) is 0.0870. The minimum atomic E-state index is -4.01. The lowest BCUT2D eigenvalue weighted by molar-refractivity contribution is 0.102. The number of rotatable bonds is 5. The molecule has 0 bridgehead atoms. The van der Waals surface area contributed by atoms with Crippen molar-refractivity contribution >= 4 is 32.6 Å². The summed E-state index contributed by atoms with van der Waals surface area (Å²) in [6, 6.07) is 15.6. The number of H-pyrrole nitrogens is 1. The maximum Gasteiger partial charge on any atom is 0.339 e. The number of benzene rings is 3. The van der Waals surface area contributed by atoms with Crippen LogP contribution in [0.1, 0.15) is 21.5 Å². The van der Waals surface area contributed by atoms with Crippen LogP contribution in [0.3, 0.4) is 0 Å². The molecule has 0 radical (unpaired) electrons. The van der Waals surface area contributed by atoms with E-state index in [4.69, 9.17) is 4.18 Å². The number of carbonyl (C=O) groups is 1. The van der Waals surface area contributed by atoms with Gasteiger partial charge in [-0.05, 0) is 73.5 Å². The van der Waals surface area contributed by atoms with Gasteiger partial charge in [0.05, 0.1) is 17.2 Å². The van der Waals surface area contributed by atoms with Gasteiger partial charge < -0.3 is 14.5 Å². The smallest absolute Gasteiger partial charge is 0.339 e. The number of fused-ring (bicyclic) bond motifs is 1. The lowest BCUT2D eigenvalue weighted by Gasteiger charge is -2.11. The number of aryl methyl sites for hydroxylation is 2. The maximum atomic E-state index is 12.6. The van der Waals surface area contributed by atoms with Crippen LogP contribution < -0.4 is 15.1 Å². The third-order valence-electron chi connectivity index (χ3n) is 4.83. The number of amides is 1. The van der Waals surface area contributed by atoms with E-state index in [9.17, 15) is 18.0 Å². The summed E-state index contributed by atoms with van der Waals surface area (Å²) >= 11 is 0. The first-order valence-electron chi connectivity index (χ1n) is 9.63. The number of aromatic nitrogens is 2. The highest BCUT2D eigenvalue weighted by molar-refractivity contribution is 7.87. The van der Waals surface area contributed by atoms with E-state index in [1.165, 1.54) is 36.7 Å². The fourth-order valence-corrected chi connectivity index (χ4v) is 4.41. The van der Waals surface area contributed by atoms with Gasteiger partial charge in [0, 0.05) is 11.3 Å². The van der Waals surface area contributed by atoms with E-state index in [0.717, 1.165) is 5.56 Å². The molecule has 0 atom stereocenters. The molecule has 32 heavy (non-hydrogen) atoms. The molecule has 4 aromatic rings. The molecule has 0 aliphatic heterocycles. The van der Waals surface area contributed by atoms with Crippen molar-refractivity contribution in [1.82, 2.24) is 9.97 Å². The summed E-state index contributed by atoms with van der Waals surface area (Å²) in [7, 11) is -4.01. The van der Waals surface area contributed by atoms with Crippen LogP contribution in [-0.4, -0.2) is 24.3 Å². The first-order valence-corrected chi connectivity index (χ1v) is 11.0. The molecule has 0 saturated carbocycles. The summed E-state index contributed by atoms with van der Waals surface area (Å²) in [4.78, 5) is 31.1. The highest BCUT2D eigenvalue weighted by Gasteiger charge is 2.20. The van der Waals surface area contributed by atoms with E-state index in [1.807, 2.05) is 6.07 Å². The highest BCUT2D eigenvalue weighted by Crippen LogP contribution is 2.23. The van der Waals surface area contributed by atoms with Gasteiger partial charge in [0.25, 0.3) is 11.5 Å². The second-order valence-corrected chi connectivity index (χ2v) is 8.76. The average molecular weight is 449 g/mol. The molecule has 0 aliphatic carbocycles. The van der Waals surface area contributed by atoms with Crippen molar-refractivity contribution in [2.45, 2.75) is 18.7 Å². The predicted molar refractivity (Wildman–Crippen MR) is 120 cm³/mol. The first kappa shape index (κ1) is 21.3. The van der Waals surface area contributed by atoms with Crippen LogP contribution in [0.15, 0.2) is 76.7 Å². The zero-order chi connectivity index (χ0) is 22.9. The van der Waals surface area contributed by atoms with Crippen molar-refractivity contribution in [1.29, 1.82) is 0 Å². The molecule has 0 spiro atoms. The van der Waals surface area contributed by atoms with Crippen molar-refractivity contribution in [3.63, 3.8) is 0 Å². The van der Waals surface area contributed by atoms with Crippen molar-refractivity contribution in [2.24, 2.45) is 0 Å². The minimum absolute atomic E-state index is 0.0887. The molecule has 4 rings (SSSR count). The summed E-state index contributed by atoms with van der Waals surface area (Å²) in [6.07, 6.45) is 1.31. The number of hydrogen-bond acceptors (Lipinski definition) is 6. The van der Waals surface area contributed by atoms with E-state index in [0.29, 0.717) is 27.7 Å². The van der Waals surface area contributed by atoms with Crippen molar-refractivity contribution < 1.29 is 17.4 Å². The zero-order valence-corrected chi connectivity index (χ0v) is 18.1. The summed E-state index contributed by atoms with van der Waals surface area (Å²) in [5, 5.41) is 3.06. The van der Waals surface area contributed by atoms with Crippen LogP contribution in [0.4, 0.5) is 5.69 Å². The van der Waals surface area contributed by atoms with E-state index in [2.05, 4.69) is 15.3 Å². The van der Waals surface area contributed by atoms with Gasteiger partial charge in [-0.25, -0.2) is 4.98 Å². The van der Waals surface area contributed by atoms with Crippen molar-refractivity contribution in [2.75, 3.05) is 5.32 Å². The molecular formula is C23H19N3O5S. The molecule has 1 heterocycles. The molecule has 1 amide bonds. The van der Waals surface area contributed by atoms with Crippen molar-refractivity contribution in [3.05, 3.63) is 94.0 Å². The largest absolute Gasteiger partial charge is 0.379 e. The second-order valence-electron chi connectivity index (χ2n) is 7.25. The average Bonchev–Trinajstić information content (AvgIpc) is 2.76. The van der Waals surface area contributed by atoms with Crippen LogP contribution in [0.5, 0.6) is 5.75 Å². The number of anilines is 1. The molecule has 0 aliphatic rings. The third-order valence-corrected chi connectivity index (χ3v) is 6.22. The van der Waals surface area contributed by atoms with Gasteiger partial charge in [0.2, 0.25) is 0 Å². The van der Waals surface area contributed by atoms with Gasteiger partial charge in [0.1, 0.15) is 10.6 Å². The Balaban J connectivity index is 1.51. The Morgan fingerprint density at radius 1 is 1.00 bits per heavy atom. The summed E-state index contributed by atoms with van der Waals surface area (Å²) < 4.78 is 30.5. The van der Waals surface area contributed by atoms with Crippen LogP contribution in [0.2, 0.25) is 0 Å². The van der Waals surface area contributed by atoms with Gasteiger partial charge in [-0.15, -0.1) is 0 Å². The molecule has 9 heteroatoms. The van der Waals surface area contributed by atoms with Crippen molar-refractivity contribution in [3.8, 4) is 5.75 Å². The third kappa shape index (κ3) is 4.37. The van der Waals surface area contributed by atoms with E-state index in [-0.39, 0.29) is 16.2 Å². The molecule has 3 aromatic carbocycles. The number of hydrogen-bond donors (Lipinski definition) is 2. The second kappa shape index (κ2) is 8.27. The van der Waals surface area contributed by atoms with Gasteiger partial charge in [-0.2, -0.15) is 8.42 Å². The highest BCUT2D eigenvalue weighted by atomic mass is 32.2. The monoisotopic (exact) mass is 449 g/mol. The molecule has 0 saturated heterocycles. The Hall–Kier alpha value is -3.98. The summed E-state index contributed by atoms with van der Waals surface area (Å²) in [6.45, 7) is 3.49. The Kier molecular flexibility index (Phi) is 5.50. The number of nitrogens with zero attached hydrogens (tertiary/aromatic N) is 1. The van der Waals surface area contributed by atoms with Crippen LogP contribution >= 0.6 is 0 Å². The molecule has 8 nitrogen and oxygen atoms in total. The SMILES string of the molecule is Cc1ccc(C)c(S(=O)(=O)Oc2ccc(C(=O)Nc3ccc4nc[nH]c(=O)c4c3)cc2)c1. The fourth-order valence-electron chi connectivity index (χ4n) is 3.16. The molecule has 1 aromatic heterocycles. The molecule has 0 fully saturated rings. The zero-order valence-electron chi connectivity index (χ0n) is 17.2. The molecular weight excluding hydrogens is 430 g/mol. The summed E-state index contributed by atoms with van der Waals surface area (Å²) in [5.74, 6) is -0.334. The summed E-state index contributed by atoms with van der Waals surface area (Å²) in [5.41, 5.74) is 2.31.